The van der Waals surface area contributed by atoms with Crippen molar-refractivity contribution in [2.75, 3.05) is 13.7 Å². The summed E-state index contributed by atoms with van der Waals surface area (Å²) >= 11 is 0. The number of rotatable bonds is 4. The summed E-state index contributed by atoms with van der Waals surface area (Å²) in [4.78, 5) is 31.8. The Bertz CT molecular complexity index is 240. The number of hydrogen-bond acceptors (Lipinski definition) is 4. The van der Waals surface area contributed by atoms with E-state index in [1.54, 1.807) is 0 Å². The lowest BCUT2D eigenvalue weighted by atomic mass is 10.4. The maximum Gasteiger partial charge on any atom is 0.329 e. The van der Waals surface area contributed by atoms with Crippen molar-refractivity contribution < 1.29 is 24.2 Å². The molecule has 0 aliphatic carbocycles. The van der Waals surface area contributed by atoms with Gasteiger partial charge in [-0.05, 0) is 6.92 Å². The molecule has 0 saturated carbocycles. The number of carbonyl (C=O) groups is 3. The van der Waals surface area contributed by atoms with Crippen LogP contribution in [0, 0.1) is 0 Å². The summed E-state index contributed by atoms with van der Waals surface area (Å²) in [6.45, 7) is 0.767. The average Bonchev–Trinajstić information content (AvgIpc) is 2.13. The van der Waals surface area contributed by atoms with Crippen LogP contribution in [0.3, 0.4) is 0 Å². The van der Waals surface area contributed by atoms with Crippen LogP contribution in [-0.2, 0) is 14.3 Å². The lowest BCUT2D eigenvalue weighted by Gasteiger charge is -2.10. The van der Waals surface area contributed by atoms with Crippen molar-refractivity contribution in [2.45, 2.75) is 13.0 Å². The molecular weight excluding hydrogens is 192 g/mol. The van der Waals surface area contributed by atoms with Crippen molar-refractivity contribution in [1.29, 1.82) is 0 Å². The largest absolute Gasteiger partial charge is 0.480 e. The molecule has 0 spiro atoms. The van der Waals surface area contributed by atoms with Gasteiger partial charge in [0.05, 0.1) is 0 Å². The molecule has 0 heterocycles. The Labute approximate surface area is 80.4 Å². The monoisotopic (exact) mass is 204 g/mol. The van der Waals surface area contributed by atoms with Gasteiger partial charge in [0.25, 0.3) is 5.91 Å². The first kappa shape index (κ1) is 12.4. The molecule has 0 saturated heterocycles. The maximum atomic E-state index is 11.0. The molecule has 80 valence electrons. The van der Waals surface area contributed by atoms with Gasteiger partial charge in [0, 0.05) is 7.05 Å². The van der Waals surface area contributed by atoms with E-state index in [1.165, 1.54) is 14.0 Å². The van der Waals surface area contributed by atoms with Gasteiger partial charge in [-0.2, -0.15) is 0 Å². The van der Waals surface area contributed by atoms with Gasteiger partial charge in [-0.1, -0.05) is 0 Å². The molecule has 0 radical (unpaired) electrons. The number of amides is 3. The maximum absolute atomic E-state index is 11.0. The van der Waals surface area contributed by atoms with Gasteiger partial charge in [-0.25, -0.2) is 9.59 Å². The summed E-state index contributed by atoms with van der Waals surface area (Å²) in [5.41, 5.74) is 0. The van der Waals surface area contributed by atoms with Gasteiger partial charge in [0.2, 0.25) is 0 Å². The van der Waals surface area contributed by atoms with E-state index in [-0.39, 0.29) is 0 Å². The van der Waals surface area contributed by atoms with Crippen molar-refractivity contribution in [2.24, 2.45) is 0 Å². The summed E-state index contributed by atoms with van der Waals surface area (Å²) in [7, 11) is 1.35. The van der Waals surface area contributed by atoms with Crippen LogP contribution in [0.25, 0.3) is 0 Å². The van der Waals surface area contributed by atoms with Crippen LogP contribution in [0.5, 0.6) is 0 Å². The Morgan fingerprint density at radius 2 is 2.00 bits per heavy atom. The van der Waals surface area contributed by atoms with Crippen molar-refractivity contribution in [1.82, 2.24) is 10.6 Å². The summed E-state index contributed by atoms with van der Waals surface area (Å²) in [6, 6.07) is -0.666. The number of urea groups is 1. The van der Waals surface area contributed by atoms with E-state index in [0.717, 1.165) is 0 Å². The van der Waals surface area contributed by atoms with Crippen molar-refractivity contribution in [3.63, 3.8) is 0 Å². The number of hydrogen-bond donors (Lipinski definition) is 3. The normalized spacial score (nSPS) is 11.6. The zero-order valence-corrected chi connectivity index (χ0v) is 7.86. The molecule has 7 heteroatoms. The molecule has 7 nitrogen and oxygen atoms in total. The van der Waals surface area contributed by atoms with E-state index >= 15 is 0 Å². The van der Waals surface area contributed by atoms with Gasteiger partial charge < -0.3 is 15.2 Å². The highest BCUT2D eigenvalue weighted by molar-refractivity contribution is 5.96. The first-order chi connectivity index (χ1) is 6.47. The van der Waals surface area contributed by atoms with Crippen LogP contribution in [0.2, 0.25) is 0 Å². The smallest absolute Gasteiger partial charge is 0.329 e. The topological polar surface area (TPSA) is 105 Å². The first-order valence-corrected chi connectivity index (χ1v) is 3.83. The van der Waals surface area contributed by atoms with Crippen LogP contribution in [-0.4, -0.2) is 42.8 Å². The second-order valence-electron chi connectivity index (χ2n) is 2.42. The first-order valence-electron chi connectivity index (χ1n) is 3.83. The molecule has 0 bridgehead atoms. The lowest BCUT2D eigenvalue weighted by molar-refractivity contribution is -0.146. The number of aliphatic carboxylic acids is 1. The van der Waals surface area contributed by atoms with Gasteiger partial charge in [-0.3, -0.25) is 10.1 Å². The Morgan fingerprint density at radius 1 is 1.43 bits per heavy atom. The van der Waals surface area contributed by atoms with Crippen LogP contribution >= 0.6 is 0 Å². The molecule has 3 N–H and O–H groups in total. The number of ether oxygens (including phenoxy) is 1. The number of carboxylic acid groups (broad SMARTS) is 1. The molecule has 0 aliphatic rings. The molecule has 1 unspecified atom stereocenters. The Morgan fingerprint density at radius 3 is 2.43 bits per heavy atom. The van der Waals surface area contributed by atoms with Crippen LogP contribution < -0.4 is 10.6 Å². The lowest BCUT2D eigenvalue weighted by Crippen LogP contribution is -2.43. The number of carboxylic acids is 1. The number of nitrogens with one attached hydrogen (secondary N) is 2. The van der Waals surface area contributed by atoms with E-state index in [4.69, 9.17) is 5.11 Å². The Balaban J connectivity index is 3.87. The minimum atomic E-state index is -1.18. The van der Waals surface area contributed by atoms with Gasteiger partial charge in [-0.15, -0.1) is 0 Å². The van der Waals surface area contributed by atoms with E-state index in [0.29, 0.717) is 0 Å². The quantitative estimate of drug-likeness (QED) is 0.541. The highest BCUT2D eigenvalue weighted by Gasteiger charge is 2.16. The Hall–Kier alpha value is -1.63. The predicted octanol–water partition coefficient (Wildman–Crippen LogP) is -1.07. The van der Waals surface area contributed by atoms with Crippen LogP contribution in [0.15, 0.2) is 0 Å². The van der Waals surface area contributed by atoms with Gasteiger partial charge in [0.1, 0.15) is 12.7 Å². The average molecular weight is 204 g/mol. The molecule has 0 fully saturated rings. The fourth-order valence-corrected chi connectivity index (χ4v) is 0.548. The zero-order valence-electron chi connectivity index (χ0n) is 7.86. The minimum absolute atomic E-state index is 0.581. The summed E-state index contributed by atoms with van der Waals surface area (Å²) in [5.74, 6) is -1.87. The highest BCUT2D eigenvalue weighted by Crippen LogP contribution is 1.90. The Kier molecular flexibility index (Phi) is 5.23. The molecule has 0 aromatic heterocycles. The fourth-order valence-electron chi connectivity index (χ4n) is 0.548. The van der Waals surface area contributed by atoms with Crippen molar-refractivity contribution >= 4 is 17.9 Å². The van der Waals surface area contributed by atoms with Crippen LogP contribution in [0.4, 0.5) is 4.79 Å². The third-order valence-electron chi connectivity index (χ3n) is 1.29. The van der Waals surface area contributed by atoms with Crippen LogP contribution in [0.1, 0.15) is 6.92 Å². The standard InChI is InChI=1S/C7H12N2O5/c1-4(14-3-5(10)11)6(12)9-7(13)8-2/h4H,3H2,1-2H3,(H,10,11)(H2,8,9,12,13). The number of carbonyl (C=O) groups excluding carboxylic acids is 2. The molecule has 0 aromatic rings. The summed E-state index contributed by atoms with van der Waals surface area (Å²) in [5, 5.41) is 12.4. The van der Waals surface area contributed by atoms with E-state index in [9.17, 15) is 14.4 Å². The second kappa shape index (κ2) is 5.92. The fraction of sp³-hybridized carbons (Fsp3) is 0.571. The van der Waals surface area contributed by atoms with Gasteiger partial charge >= 0.3 is 12.0 Å². The molecule has 14 heavy (non-hydrogen) atoms. The zero-order chi connectivity index (χ0) is 11.1. The van der Waals surface area contributed by atoms with Crippen molar-refractivity contribution in [3.8, 4) is 0 Å². The highest BCUT2D eigenvalue weighted by atomic mass is 16.5. The molecule has 0 aromatic carbocycles. The van der Waals surface area contributed by atoms with Gasteiger partial charge in [0.15, 0.2) is 0 Å². The molecule has 1 atom stereocenters. The van der Waals surface area contributed by atoms with E-state index < -0.39 is 30.6 Å². The summed E-state index contributed by atoms with van der Waals surface area (Å²) < 4.78 is 4.62. The molecular formula is C7H12N2O5. The number of imide groups is 1. The molecule has 0 rings (SSSR count). The third-order valence-corrected chi connectivity index (χ3v) is 1.29. The van der Waals surface area contributed by atoms with E-state index in [2.05, 4.69) is 10.1 Å². The second-order valence-corrected chi connectivity index (χ2v) is 2.42. The molecule has 3 amide bonds. The SMILES string of the molecule is CNC(=O)NC(=O)C(C)OCC(=O)O. The molecule has 0 aliphatic heterocycles. The van der Waals surface area contributed by atoms with E-state index in [1.807, 2.05) is 5.32 Å². The van der Waals surface area contributed by atoms with Crippen molar-refractivity contribution in [3.05, 3.63) is 0 Å². The predicted molar refractivity (Wildman–Crippen MR) is 45.6 cm³/mol. The summed E-state index contributed by atoms with van der Waals surface area (Å²) in [6.07, 6.45) is -0.983. The third kappa shape index (κ3) is 5.09. The minimum Gasteiger partial charge on any atom is -0.480 e.